The molecule has 2 unspecified atom stereocenters. The van der Waals surface area contributed by atoms with Crippen molar-refractivity contribution in [2.45, 2.75) is 25.0 Å². The van der Waals surface area contributed by atoms with Crippen molar-refractivity contribution in [2.24, 2.45) is 4.99 Å². The first-order valence-corrected chi connectivity index (χ1v) is 11.4. The number of para-hydroxylation sites is 1. The summed E-state index contributed by atoms with van der Waals surface area (Å²) >= 11 is 12.1. The Bertz CT molecular complexity index is 1250. The molecule has 0 saturated heterocycles. The van der Waals surface area contributed by atoms with Crippen molar-refractivity contribution in [1.82, 2.24) is 5.32 Å². The first kappa shape index (κ1) is 25.0. The van der Waals surface area contributed by atoms with E-state index in [0.29, 0.717) is 27.4 Å². The highest BCUT2D eigenvalue weighted by Gasteiger charge is 2.39. The van der Waals surface area contributed by atoms with Crippen LogP contribution in [-0.4, -0.2) is 41.8 Å². The molecular formula is C25H20Cl2F3N3O2. The van der Waals surface area contributed by atoms with Gasteiger partial charge in [0.15, 0.2) is 12.4 Å². The van der Waals surface area contributed by atoms with Crippen molar-refractivity contribution in [1.29, 1.82) is 0 Å². The molecule has 4 rings (SSSR count). The molecule has 3 aromatic rings. The van der Waals surface area contributed by atoms with E-state index in [1.807, 2.05) is 0 Å². The molecule has 0 aliphatic carbocycles. The van der Waals surface area contributed by atoms with Crippen LogP contribution in [-0.2, 0) is 11.2 Å². The van der Waals surface area contributed by atoms with Gasteiger partial charge >= 0.3 is 6.18 Å². The molecule has 0 radical (unpaired) electrons. The van der Waals surface area contributed by atoms with Crippen LogP contribution in [0.2, 0.25) is 10.0 Å². The molecule has 1 heterocycles. The maximum Gasteiger partial charge on any atom is 0.406 e. The Kier molecular flexibility index (Phi) is 7.35. The number of aliphatic hydroxyl groups excluding tert-OH is 1. The minimum absolute atomic E-state index is 0.150. The minimum atomic E-state index is -4.61. The lowest BCUT2D eigenvalue weighted by molar-refractivity contribution is -0.125. The van der Waals surface area contributed by atoms with E-state index in [-0.39, 0.29) is 17.1 Å². The van der Waals surface area contributed by atoms with E-state index < -0.39 is 31.0 Å². The number of benzodiazepines with no additional fused rings is 1. The van der Waals surface area contributed by atoms with Crippen molar-refractivity contribution >= 4 is 40.5 Å². The number of hydrogen-bond donors (Lipinski definition) is 2. The van der Waals surface area contributed by atoms with E-state index in [0.717, 1.165) is 4.90 Å². The second kappa shape index (κ2) is 10.3. The molecule has 3 aromatic carbocycles. The third kappa shape index (κ3) is 5.96. The van der Waals surface area contributed by atoms with Gasteiger partial charge in [-0.3, -0.25) is 9.79 Å². The smallest absolute Gasteiger partial charge is 0.370 e. The minimum Gasteiger partial charge on any atom is -0.370 e. The highest BCUT2D eigenvalue weighted by molar-refractivity contribution is 6.35. The fourth-order valence-electron chi connectivity index (χ4n) is 3.87. The molecule has 182 valence electrons. The number of anilines is 1. The van der Waals surface area contributed by atoms with E-state index in [1.54, 1.807) is 60.7 Å². The molecule has 0 fully saturated rings. The lowest BCUT2D eigenvalue weighted by Gasteiger charge is -2.33. The standard InChI is InChI=1S/C25H20Cl2F3N3O2/c26-17-11-10-16(19(27)13-17)12-21(34)31-23-24(35)33(14-25(28,29)30)20-9-5-4-8-18(20)22(32-23)15-6-2-1-3-7-15/h1-11,13,23-24,35H,12,14H2,(H,31,34). The number of nitrogens with one attached hydrogen (secondary N) is 1. The van der Waals surface area contributed by atoms with E-state index in [4.69, 9.17) is 23.2 Å². The van der Waals surface area contributed by atoms with Crippen LogP contribution in [0.3, 0.4) is 0 Å². The van der Waals surface area contributed by atoms with Crippen LogP contribution in [0.1, 0.15) is 16.7 Å². The third-order valence-electron chi connectivity index (χ3n) is 5.41. The highest BCUT2D eigenvalue weighted by Crippen LogP contribution is 2.32. The monoisotopic (exact) mass is 521 g/mol. The molecule has 2 N–H and O–H groups in total. The summed E-state index contributed by atoms with van der Waals surface area (Å²) in [6, 6.07) is 19.9. The van der Waals surface area contributed by atoms with E-state index >= 15 is 0 Å². The summed E-state index contributed by atoms with van der Waals surface area (Å²) in [6.07, 6.45) is -7.97. The first-order valence-electron chi connectivity index (χ1n) is 10.6. The fourth-order valence-corrected chi connectivity index (χ4v) is 4.35. The molecule has 10 heteroatoms. The SMILES string of the molecule is O=C(Cc1ccc(Cl)cc1Cl)NC1N=C(c2ccccc2)c2ccccc2N(CC(F)(F)F)C1O. The van der Waals surface area contributed by atoms with Gasteiger partial charge in [0.2, 0.25) is 5.91 Å². The van der Waals surface area contributed by atoms with Crippen LogP contribution in [0.5, 0.6) is 0 Å². The van der Waals surface area contributed by atoms with Crippen molar-refractivity contribution in [3.05, 3.63) is 99.5 Å². The van der Waals surface area contributed by atoms with E-state index in [9.17, 15) is 23.1 Å². The average Bonchev–Trinajstić information content (AvgIpc) is 2.91. The summed E-state index contributed by atoms with van der Waals surface area (Å²) in [5, 5.41) is 14.3. The number of nitrogens with zero attached hydrogens (tertiary/aromatic N) is 2. The van der Waals surface area contributed by atoms with Crippen LogP contribution >= 0.6 is 23.2 Å². The zero-order valence-corrected chi connectivity index (χ0v) is 19.6. The van der Waals surface area contributed by atoms with Crippen LogP contribution in [0, 0.1) is 0 Å². The van der Waals surface area contributed by atoms with Crippen LogP contribution in [0.15, 0.2) is 77.8 Å². The molecule has 1 amide bonds. The number of halogens is 5. The number of hydrogen-bond acceptors (Lipinski definition) is 4. The lowest BCUT2D eigenvalue weighted by atomic mass is 10.0. The topological polar surface area (TPSA) is 64.9 Å². The number of carbonyl (C=O) groups is 1. The zero-order valence-electron chi connectivity index (χ0n) is 18.1. The second-order valence-corrected chi connectivity index (χ2v) is 8.79. The number of aliphatic imine (C=N–C) groups is 1. The number of benzene rings is 3. The van der Waals surface area contributed by atoms with Crippen molar-refractivity contribution in [3.8, 4) is 0 Å². The van der Waals surface area contributed by atoms with E-state index in [1.165, 1.54) is 12.1 Å². The zero-order chi connectivity index (χ0) is 25.2. The average molecular weight is 522 g/mol. The Morgan fingerprint density at radius 1 is 1.03 bits per heavy atom. The molecule has 0 bridgehead atoms. The van der Waals surface area contributed by atoms with Crippen molar-refractivity contribution in [2.75, 3.05) is 11.4 Å². The predicted octanol–water partition coefficient (Wildman–Crippen LogP) is 5.22. The summed E-state index contributed by atoms with van der Waals surface area (Å²) in [6.45, 7) is -1.43. The lowest BCUT2D eigenvalue weighted by Crippen LogP contribution is -2.53. The van der Waals surface area contributed by atoms with E-state index in [2.05, 4.69) is 10.3 Å². The van der Waals surface area contributed by atoms with Crippen LogP contribution in [0.25, 0.3) is 0 Å². The van der Waals surface area contributed by atoms with Gasteiger partial charge in [-0.05, 0) is 23.8 Å². The van der Waals surface area contributed by atoms with Gasteiger partial charge < -0.3 is 15.3 Å². The number of carbonyl (C=O) groups excluding carboxylic acids is 1. The molecule has 2 atom stereocenters. The van der Waals surface area contributed by atoms with Gasteiger partial charge in [-0.2, -0.15) is 13.2 Å². The fraction of sp³-hybridized carbons (Fsp3) is 0.200. The Labute approximate surface area is 209 Å². The summed E-state index contributed by atoms with van der Waals surface area (Å²) < 4.78 is 40.5. The first-order chi connectivity index (χ1) is 16.6. The van der Waals surface area contributed by atoms with Gasteiger partial charge in [0.25, 0.3) is 0 Å². The van der Waals surface area contributed by atoms with Crippen LogP contribution < -0.4 is 10.2 Å². The van der Waals surface area contributed by atoms with Gasteiger partial charge in [-0.25, -0.2) is 0 Å². The number of rotatable bonds is 5. The summed E-state index contributed by atoms with van der Waals surface area (Å²) in [5.74, 6) is -0.577. The Balaban J connectivity index is 1.74. The van der Waals surface area contributed by atoms with Crippen molar-refractivity contribution in [3.63, 3.8) is 0 Å². The maximum atomic E-state index is 13.5. The van der Waals surface area contributed by atoms with Gasteiger partial charge in [0.05, 0.1) is 12.1 Å². The van der Waals surface area contributed by atoms with Gasteiger partial charge in [-0.15, -0.1) is 0 Å². The normalized spacial score (nSPS) is 17.9. The quantitative estimate of drug-likeness (QED) is 0.484. The molecule has 5 nitrogen and oxygen atoms in total. The third-order valence-corrected chi connectivity index (χ3v) is 6.00. The molecule has 1 aliphatic rings. The molecule has 1 aliphatic heterocycles. The molecular weight excluding hydrogens is 502 g/mol. The van der Waals surface area contributed by atoms with Gasteiger partial charge in [0.1, 0.15) is 6.54 Å². The number of alkyl halides is 3. The second-order valence-electron chi connectivity index (χ2n) is 7.94. The predicted molar refractivity (Wildman–Crippen MR) is 130 cm³/mol. The van der Waals surface area contributed by atoms with Crippen LogP contribution in [0.4, 0.5) is 18.9 Å². The molecule has 0 aromatic heterocycles. The largest absolute Gasteiger partial charge is 0.406 e. The Morgan fingerprint density at radius 2 is 1.71 bits per heavy atom. The van der Waals surface area contributed by atoms with Crippen molar-refractivity contribution < 1.29 is 23.1 Å². The molecule has 0 spiro atoms. The Hall–Kier alpha value is -3.07. The number of aliphatic hydroxyl groups is 1. The Morgan fingerprint density at radius 3 is 2.40 bits per heavy atom. The van der Waals surface area contributed by atoms with Gasteiger partial charge in [-0.1, -0.05) is 77.8 Å². The number of amides is 1. The summed E-state index contributed by atoms with van der Waals surface area (Å²) in [5.41, 5.74) is 2.00. The summed E-state index contributed by atoms with van der Waals surface area (Å²) in [7, 11) is 0. The maximum absolute atomic E-state index is 13.5. The highest BCUT2D eigenvalue weighted by atomic mass is 35.5. The number of fused-ring (bicyclic) bond motifs is 1. The molecule has 0 saturated carbocycles. The van der Waals surface area contributed by atoms with Gasteiger partial charge in [0, 0.05) is 26.9 Å². The molecule has 35 heavy (non-hydrogen) atoms. The summed E-state index contributed by atoms with van der Waals surface area (Å²) in [4.78, 5) is 18.2.